The lowest BCUT2D eigenvalue weighted by atomic mass is 10.1. The molecule has 4 rings (SSSR count). The maximum absolute atomic E-state index is 12.6. The van der Waals surface area contributed by atoms with Gasteiger partial charge in [-0.3, -0.25) is 4.79 Å². The Kier molecular flexibility index (Phi) is 4.90. The standard InChI is InChI=1S/C20H19Cl2N3O/c21-16-10-15-14-6-8-23-9-7-18(14)25(19(15)11-17(16)22)12-20(26)24-13-4-2-1-3-5-13/h1-5,10-11,23H,6-9,12H2,(H,24,26). The van der Waals surface area contributed by atoms with Gasteiger partial charge in [0, 0.05) is 29.7 Å². The number of para-hydroxylation sites is 1. The first kappa shape index (κ1) is 17.4. The molecule has 0 unspecified atom stereocenters. The predicted molar refractivity (Wildman–Crippen MR) is 107 cm³/mol. The lowest BCUT2D eigenvalue weighted by Crippen LogP contribution is -2.21. The van der Waals surface area contributed by atoms with Gasteiger partial charge in [-0.1, -0.05) is 41.4 Å². The molecule has 0 fully saturated rings. The van der Waals surface area contributed by atoms with Gasteiger partial charge in [0.1, 0.15) is 6.54 Å². The van der Waals surface area contributed by atoms with Crippen molar-refractivity contribution in [1.82, 2.24) is 9.88 Å². The maximum Gasteiger partial charge on any atom is 0.244 e. The zero-order chi connectivity index (χ0) is 18.1. The number of carbonyl (C=O) groups excluding carboxylic acids is 1. The van der Waals surface area contributed by atoms with Gasteiger partial charge in [0.15, 0.2) is 0 Å². The summed E-state index contributed by atoms with van der Waals surface area (Å²) in [4.78, 5) is 12.6. The molecule has 2 N–H and O–H groups in total. The van der Waals surface area contributed by atoms with Crippen LogP contribution in [-0.4, -0.2) is 23.6 Å². The minimum atomic E-state index is -0.0563. The Morgan fingerprint density at radius 1 is 1.08 bits per heavy atom. The molecule has 134 valence electrons. The van der Waals surface area contributed by atoms with Crippen LogP contribution in [0, 0.1) is 0 Å². The second-order valence-corrected chi connectivity index (χ2v) is 7.27. The van der Waals surface area contributed by atoms with Gasteiger partial charge in [0.25, 0.3) is 0 Å². The van der Waals surface area contributed by atoms with Crippen LogP contribution in [0.4, 0.5) is 5.69 Å². The number of nitrogens with zero attached hydrogens (tertiary/aromatic N) is 1. The molecule has 26 heavy (non-hydrogen) atoms. The van der Waals surface area contributed by atoms with Crippen molar-refractivity contribution in [2.24, 2.45) is 0 Å². The summed E-state index contributed by atoms with van der Waals surface area (Å²) in [5.74, 6) is -0.0563. The first-order valence-electron chi connectivity index (χ1n) is 8.68. The fraction of sp³-hybridized carbons (Fsp3) is 0.250. The molecule has 2 heterocycles. The molecule has 1 aliphatic rings. The summed E-state index contributed by atoms with van der Waals surface area (Å²) in [5.41, 5.74) is 4.21. The lowest BCUT2D eigenvalue weighted by molar-refractivity contribution is -0.116. The molecule has 6 heteroatoms. The quantitative estimate of drug-likeness (QED) is 0.704. The molecule has 0 saturated heterocycles. The van der Waals surface area contributed by atoms with Crippen LogP contribution in [0.25, 0.3) is 10.9 Å². The number of hydrogen-bond acceptors (Lipinski definition) is 2. The molecule has 3 aromatic rings. The van der Waals surface area contributed by atoms with Crippen LogP contribution in [0.2, 0.25) is 10.0 Å². The molecule has 0 bridgehead atoms. The number of nitrogens with one attached hydrogen (secondary N) is 2. The monoisotopic (exact) mass is 387 g/mol. The van der Waals surface area contributed by atoms with E-state index < -0.39 is 0 Å². The zero-order valence-electron chi connectivity index (χ0n) is 14.2. The average Bonchev–Trinajstić information content (AvgIpc) is 2.79. The van der Waals surface area contributed by atoms with E-state index in [0.29, 0.717) is 10.0 Å². The van der Waals surface area contributed by atoms with E-state index in [0.717, 1.165) is 42.5 Å². The number of rotatable bonds is 3. The lowest BCUT2D eigenvalue weighted by Gasteiger charge is -2.12. The van der Waals surface area contributed by atoms with Gasteiger partial charge in [0.2, 0.25) is 5.91 Å². The molecule has 0 radical (unpaired) electrons. The summed E-state index contributed by atoms with van der Waals surface area (Å²) in [6.07, 6.45) is 1.79. The Balaban J connectivity index is 1.74. The van der Waals surface area contributed by atoms with Crippen molar-refractivity contribution in [3.05, 3.63) is 63.8 Å². The largest absolute Gasteiger partial charge is 0.335 e. The molecule has 4 nitrogen and oxygen atoms in total. The van der Waals surface area contributed by atoms with E-state index in [-0.39, 0.29) is 12.5 Å². The average molecular weight is 388 g/mol. The summed E-state index contributed by atoms with van der Waals surface area (Å²) in [7, 11) is 0. The highest BCUT2D eigenvalue weighted by Gasteiger charge is 2.21. The van der Waals surface area contributed by atoms with Crippen molar-refractivity contribution in [2.75, 3.05) is 18.4 Å². The molecule has 0 atom stereocenters. The molecule has 1 aliphatic heterocycles. The van der Waals surface area contributed by atoms with E-state index in [1.54, 1.807) is 0 Å². The van der Waals surface area contributed by atoms with Crippen molar-refractivity contribution >= 4 is 45.7 Å². The van der Waals surface area contributed by atoms with Crippen LogP contribution >= 0.6 is 23.2 Å². The minimum absolute atomic E-state index is 0.0563. The third kappa shape index (κ3) is 3.32. The van der Waals surface area contributed by atoms with Gasteiger partial charge < -0.3 is 15.2 Å². The summed E-state index contributed by atoms with van der Waals surface area (Å²) in [6.45, 7) is 2.06. The fourth-order valence-electron chi connectivity index (χ4n) is 3.62. The van der Waals surface area contributed by atoms with Crippen molar-refractivity contribution in [2.45, 2.75) is 19.4 Å². The minimum Gasteiger partial charge on any atom is -0.335 e. The van der Waals surface area contributed by atoms with Gasteiger partial charge in [-0.15, -0.1) is 0 Å². The Morgan fingerprint density at radius 3 is 2.62 bits per heavy atom. The third-order valence-corrected chi connectivity index (χ3v) is 5.50. The van der Waals surface area contributed by atoms with E-state index in [9.17, 15) is 4.79 Å². The van der Waals surface area contributed by atoms with Gasteiger partial charge in [0.05, 0.1) is 15.6 Å². The first-order valence-corrected chi connectivity index (χ1v) is 9.43. The molecule has 0 saturated carbocycles. The summed E-state index contributed by atoms with van der Waals surface area (Å²) in [6, 6.07) is 13.3. The summed E-state index contributed by atoms with van der Waals surface area (Å²) in [5, 5.41) is 8.52. The summed E-state index contributed by atoms with van der Waals surface area (Å²) < 4.78 is 2.08. The van der Waals surface area contributed by atoms with Crippen LogP contribution in [0.1, 0.15) is 11.3 Å². The fourth-order valence-corrected chi connectivity index (χ4v) is 3.94. The normalized spacial score (nSPS) is 14.1. The Labute approximate surface area is 162 Å². The molecule has 2 aromatic carbocycles. The second-order valence-electron chi connectivity index (χ2n) is 6.46. The maximum atomic E-state index is 12.6. The van der Waals surface area contributed by atoms with Crippen LogP contribution in [0.15, 0.2) is 42.5 Å². The van der Waals surface area contributed by atoms with E-state index >= 15 is 0 Å². The molecule has 0 spiro atoms. The number of halogens is 2. The third-order valence-electron chi connectivity index (χ3n) is 4.78. The van der Waals surface area contributed by atoms with Crippen molar-refractivity contribution in [3.63, 3.8) is 0 Å². The highest BCUT2D eigenvalue weighted by molar-refractivity contribution is 6.42. The van der Waals surface area contributed by atoms with Crippen LogP contribution in [0.3, 0.4) is 0 Å². The Bertz CT molecular complexity index is 966. The number of hydrogen-bond donors (Lipinski definition) is 2. The number of anilines is 1. The summed E-state index contributed by atoms with van der Waals surface area (Å²) >= 11 is 12.5. The topological polar surface area (TPSA) is 46.1 Å². The van der Waals surface area contributed by atoms with Crippen molar-refractivity contribution in [3.8, 4) is 0 Å². The molecular formula is C20H19Cl2N3O. The predicted octanol–water partition coefficient (Wildman–Crippen LogP) is 4.28. The van der Waals surface area contributed by atoms with Gasteiger partial charge in [-0.05, 0) is 42.8 Å². The van der Waals surface area contributed by atoms with Gasteiger partial charge in [-0.2, -0.15) is 0 Å². The Hall–Kier alpha value is -2.01. The van der Waals surface area contributed by atoms with E-state index in [1.165, 1.54) is 11.3 Å². The molecule has 1 amide bonds. The SMILES string of the molecule is O=C(Cn1c2c(c3cc(Cl)c(Cl)cc31)CCNCC2)Nc1ccccc1. The number of benzene rings is 2. The van der Waals surface area contributed by atoms with Crippen molar-refractivity contribution < 1.29 is 4.79 Å². The number of amides is 1. The van der Waals surface area contributed by atoms with E-state index in [1.807, 2.05) is 42.5 Å². The van der Waals surface area contributed by atoms with Crippen LogP contribution in [-0.2, 0) is 24.2 Å². The smallest absolute Gasteiger partial charge is 0.244 e. The van der Waals surface area contributed by atoms with Gasteiger partial charge in [-0.25, -0.2) is 0 Å². The first-order chi connectivity index (χ1) is 12.6. The van der Waals surface area contributed by atoms with Crippen LogP contribution < -0.4 is 10.6 Å². The van der Waals surface area contributed by atoms with Gasteiger partial charge >= 0.3 is 0 Å². The van der Waals surface area contributed by atoms with E-state index in [4.69, 9.17) is 23.2 Å². The van der Waals surface area contributed by atoms with Crippen molar-refractivity contribution in [1.29, 1.82) is 0 Å². The number of carbonyl (C=O) groups is 1. The van der Waals surface area contributed by atoms with E-state index in [2.05, 4.69) is 15.2 Å². The Morgan fingerprint density at radius 2 is 1.81 bits per heavy atom. The zero-order valence-corrected chi connectivity index (χ0v) is 15.7. The molecule has 1 aromatic heterocycles. The highest BCUT2D eigenvalue weighted by atomic mass is 35.5. The molecular weight excluding hydrogens is 369 g/mol. The van der Waals surface area contributed by atoms with Crippen LogP contribution in [0.5, 0.6) is 0 Å². The second kappa shape index (κ2) is 7.31. The number of aromatic nitrogens is 1. The molecule has 0 aliphatic carbocycles. The number of fused-ring (bicyclic) bond motifs is 3. The highest BCUT2D eigenvalue weighted by Crippen LogP contribution is 2.34.